The maximum Gasteiger partial charge on any atom is 0.237 e. The van der Waals surface area contributed by atoms with Crippen molar-refractivity contribution in [2.24, 2.45) is 0 Å². The van der Waals surface area contributed by atoms with Gasteiger partial charge in [0, 0.05) is 13.1 Å². The fourth-order valence-corrected chi connectivity index (χ4v) is 2.20. The van der Waals surface area contributed by atoms with Gasteiger partial charge in [0.2, 0.25) is 5.91 Å². The number of nitrogens with one attached hydrogen (secondary N) is 2. The van der Waals surface area contributed by atoms with Crippen molar-refractivity contribution >= 4 is 5.91 Å². The van der Waals surface area contributed by atoms with Crippen LogP contribution in [-0.2, 0) is 11.3 Å². The maximum absolute atomic E-state index is 11.6. The van der Waals surface area contributed by atoms with Gasteiger partial charge in [-0.05, 0) is 30.5 Å². The zero-order valence-corrected chi connectivity index (χ0v) is 11.4. The van der Waals surface area contributed by atoms with Gasteiger partial charge in [0.1, 0.15) is 0 Å². The van der Waals surface area contributed by atoms with Crippen molar-refractivity contribution in [1.82, 2.24) is 10.6 Å². The normalized spacial score (nSPS) is 18.8. The molecule has 0 radical (unpaired) electrons. The number of benzene rings is 1. The topological polar surface area (TPSA) is 59.6 Å². The molecule has 2 N–H and O–H groups in total. The molecular weight excluding hydrogens is 244 g/mol. The zero-order valence-electron chi connectivity index (χ0n) is 11.4. The summed E-state index contributed by atoms with van der Waals surface area (Å²) in [6, 6.07) is 5.67. The highest BCUT2D eigenvalue weighted by Gasteiger charge is 2.20. The summed E-state index contributed by atoms with van der Waals surface area (Å²) in [6.45, 7) is 1.42. The Morgan fingerprint density at radius 3 is 2.79 bits per heavy atom. The van der Waals surface area contributed by atoms with Crippen LogP contribution in [0.15, 0.2) is 18.2 Å². The third kappa shape index (κ3) is 3.38. The molecule has 1 saturated heterocycles. The number of carbonyl (C=O) groups is 1. The average Bonchev–Trinajstić information content (AvgIpc) is 2.46. The molecule has 1 aliphatic rings. The minimum atomic E-state index is -0.0955. The molecule has 0 spiro atoms. The van der Waals surface area contributed by atoms with E-state index in [2.05, 4.69) is 10.6 Å². The fraction of sp³-hybridized carbons (Fsp3) is 0.500. The second-order valence-electron chi connectivity index (χ2n) is 4.56. The van der Waals surface area contributed by atoms with Gasteiger partial charge in [0.15, 0.2) is 11.5 Å². The predicted octanol–water partition coefficient (Wildman–Crippen LogP) is 1.07. The second-order valence-corrected chi connectivity index (χ2v) is 4.56. The molecule has 1 unspecified atom stereocenters. The van der Waals surface area contributed by atoms with Gasteiger partial charge in [0.05, 0.1) is 20.3 Å². The number of amides is 1. The van der Waals surface area contributed by atoms with Crippen molar-refractivity contribution in [3.63, 3.8) is 0 Å². The van der Waals surface area contributed by atoms with E-state index in [0.717, 1.165) is 24.9 Å². The third-order valence-corrected chi connectivity index (χ3v) is 3.29. The Balaban J connectivity index is 1.97. The Labute approximate surface area is 113 Å². The van der Waals surface area contributed by atoms with Gasteiger partial charge in [-0.3, -0.25) is 4.79 Å². The van der Waals surface area contributed by atoms with E-state index in [1.54, 1.807) is 14.2 Å². The van der Waals surface area contributed by atoms with Gasteiger partial charge in [-0.25, -0.2) is 0 Å². The van der Waals surface area contributed by atoms with Crippen LogP contribution < -0.4 is 20.1 Å². The predicted molar refractivity (Wildman–Crippen MR) is 72.4 cm³/mol. The molecular formula is C14H20N2O3. The maximum atomic E-state index is 11.6. The summed E-state index contributed by atoms with van der Waals surface area (Å²) in [6.07, 6.45) is 1.91. The molecule has 1 aromatic rings. The van der Waals surface area contributed by atoms with Crippen molar-refractivity contribution in [2.45, 2.75) is 25.4 Å². The first-order valence-electron chi connectivity index (χ1n) is 6.46. The summed E-state index contributed by atoms with van der Waals surface area (Å²) in [5.41, 5.74) is 1.07. The standard InChI is InChI=1S/C14H20N2O3/c1-18-12-6-5-10(8-13(12)19-2)9-16-11-4-3-7-15-14(11)17/h5-6,8,11,16H,3-4,7,9H2,1-2H3,(H,15,17). The van der Waals surface area contributed by atoms with Gasteiger partial charge >= 0.3 is 0 Å². The smallest absolute Gasteiger partial charge is 0.237 e. The van der Waals surface area contributed by atoms with E-state index in [1.807, 2.05) is 18.2 Å². The Bertz CT molecular complexity index is 448. The lowest BCUT2D eigenvalue weighted by Crippen LogP contribution is -2.47. The first-order valence-corrected chi connectivity index (χ1v) is 6.46. The van der Waals surface area contributed by atoms with Gasteiger partial charge in [0.25, 0.3) is 0 Å². The molecule has 19 heavy (non-hydrogen) atoms. The summed E-state index contributed by atoms with van der Waals surface area (Å²) in [7, 11) is 3.23. The molecule has 1 aliphatic heterocycles. The molecule has 0 saturated carbocycles. The Kier molecular flexibility index (Phi) is 4.63. The highest BCUT2D eigenvalue weighted by molar-refractivity contribution is 5.82. The quantitative estimate of drug-likeness (QED) is 0.835. The van der Waals surface area contributed by atoms with E-state index >= 15 is 0 Å². The molecule has 2 rings (SSSR count). The van der Waals surface area contributed by atoms with Gasteiger partial charge < -0.3 is 20.1 Å². The second kappa shape index (κ2) is 6.43. The summed E-state index contributed by atoms with van der Waals surface area (Å²) >= 11 is 0. The minimum absolute atomic E-state index is 0.0896. The van der Waals surface area contributed by atoms with Gasteiger partial charge in [-0.1, -0.05) is 6.07 Å². The molecule has 0 aromatic heterocycles. The molecule has 104 valence electrons. The summed E-state index contributed by atoms with van der Waals surface area (Å²) in [5.74, 6) is 1.50. The highest BCUT2D eigenvalue weighted by atomic mass is 16.5. The number of carbonyl (C=O) groups excluding carboxylic acids is 1. The molecule has 1 heterocycles. The SMILES string of the molecule is COc1ccc(CNC2CCCNC2=O)cc1OC. The van der Waals surface area contributed by atoms with E-state index in [0.29, 0.717) is 18.0 Å². The van der Waals surface area contributed by atoms with Crippen molar-refractivity contribution in [2.75, 3.05) is 20.8 Å². The van der Waals surface area contributed by atoms with Crippen LogP contribution in [0.3, 0.4) is 0 Å². The van der Waals surface area contributed by atoms with E-state index < -0.39 is 0 Å². The van der Waals surface area contributed by atoms with E-state index in [9.17, 15) is 4.79 Å². The number of hydrogen-bond acceptors (Lipinski definition) is 4. The van der Waals surface area contributed by atoms with Crippen LogP contribution in [0.5, 0.6) is 11.5 Å². The van der Waals surface area contributed by atoms with Crippen LogP contribution in [0.4, 0.5) is 0 Å². The number of ether oxygens (including phenoxy) is 2. The number of rotatable bonds is 5. The third-order valence-electron chi connectivity index (χ3n) is 3.29. The highest BCUT2D eigenvalue weighted by Crippen LogP contribution is 2.27. The molecule has 1 aromatic carbocycles. The van der Waals surface area contributed by atoms with Gasteiger partial charge in [-0.15, -0.1) is 0 Å². The molecule has 1 fully saturated rings. The molecule has 0 bridgehead atoms. The molecule has 1 amide bonds. The molecule has 1 atom stereocenters. The van der Waals surface area contributed by atoms with Crippen LogP contribution in [0.2, 0.25) is 0 Å². The number of methoxy groups -OCH3 is 2. The summed E-state index contributed by atoms with van der Waals surface area (Å²) in [5, 5.41) is 6.13. The number of piperidine rings is 1. The largest absolute Gasteiger partial charge is 0.493 e. The monoisotopic (exact) mass is 264 g/mol. The van der Waals surface area contributed by atoms with Crippen molar-refractivity contribution in [3.05, 3.63) is 23.8 Å². The van der Waals surface area contributed by atoms with Crippen molar-refractivity contribution in [1.29, 1.82) is 0 Å². The van der Waals surface area contributed by atoms with Crippen LogP contribution in [0.25, 0.3) is 0 Å². The summed E-state index contributed by atoms with van der Waals surface area (Å²) in [4.78, 5) is 11.6. The summed E-state index contributed by atoms with van der Waals surface area (Å²) < 4.78 is 10.5. The lowest BCUT2D eigenvalue weighted by molar-refractivity contribution is -0.124. The number of hydrogen-bond donors (Lipinski definition) is 2. The van der Waals surface area contributed by atoms with Crippen LogP contribution >= 0.6 is 0 Å². The molecule has 5 heteroatoms. The van der Waals surface area contributed by atoms with E-state index in [4.69, 9.17) is 9.47 Å². The molecule has 0 aliphatic carbocycles. The zero-order chi connectivity index (χ0) is 13.7. The lowest BCUT2D eigenvalue weighted by atomic mass is 10.1. The van der Waals surface area contributed by atoms with Gasteiger partial charge in [-0.2, -0.15) is 0 Å². The van der Waals surface area contributed by atoms with Crippen LogP contribution in [0.1, 0.15) is 18.4 Å². The van der Waals surface area contributed by atoms with E-state index in [-0.39, 0.29) is 11.9 Å². The fourth-order valence-electron chi connectivity index (χ4n) is 2.20. The Morgan fingerprint density at radius 1 is 1.32 bits per heavy atom. The first kappa shape index (κ1) is 13.7. The van der Waals surface area contributed by atoms with E-state index in [1.165, 1.54) is 0 Å². The lowest BCUT2D eigenvalue weighted by Gasteiger charge is -2.23. The Hall–Kier alpha value is -1.75. The molecule has 5 nitrogen and oxygen atoms in total. The first-order chi connectivity index (χ1) is 9.24. The van der Waals surface area contributed by atoms with Crippen LogP contribution in [-0.4, -0.2) is 32.7 Å². The minimum Gasteiger partial charge on any atom is -0.493 e. The average molecular weight is 264 g/mol. The van der Waals surface area contributed by atoms with Crippen molar-refractivity contribution in [3.8, 4) is 11.5 Å². The van der Waals surface area contributed by atoms with Crippen molar-refractivity contribution < 1.29 is 14.3 Å². The van der Waals surface area contributed by atoms with Crippen LogP contribution in [0, 0.1) is 0 Å². The Morgan fingerprint density at radius 2 is 2.11 bits per heavy atom.